The van der Waals surface area contributed by atoms with Gasteiger partial charge in [-0.2, -0.15) is 0 Å². The quantitative estimate of drug-likeness (QED) is 0.372. The molecular formula is C16H28IN5O2. The molecule has 1 saturated carbocycles. The Bertz CT molecular complexity index is 521. The topological polar surface area (TPSA) is 77.0 Å². The van der Waals surface area contributed by atoms with Crippen LogP contribution < -0.4 is 10.6 Å². The Morgan fingerprint density at radius 1 is 1.46 bits per heavy atom. The highest BCUT2D eigenvalue weighted by molar-refractivity contribution is 14.0. The molecule has 0 aromatic rings. The Hall–Kier alpha value is -1.06. The smallest absolute Gasteiger partial charge is 0.243 e. The molecule has 3 aliphatic rings. The van der Waals surface area contributed by atoms with Gasteiger partial charge < -0.3 is 20.4 Å². The van der Waals surface area contributed by atoms with Gasteiger partial charge in [-0.25, -0.2) is 4.99 Å². The molecule has 1 aliphatic carbocycles. The Labute approximate surface area is 160 Å². The second kappa shape index (κ2) is 7.88. The molecule has 1 atom stereocenters. The van der Waals surface area contributed by atoms with E-state index in [0.29, 0.717) is 12.5 Å². The maximum absolute atomic E-state index is 11.8. The number of nitrogens with zero attached hydrogens (tertiary/aromatic N) is 3. The van der Waals surface area contributed by atoms with Gasteiger partial charge in [-0.1, -0.05) is 0 Å². The number of carbonyl (C=O) groups is 2. The van der Waals surface area contributed by atoms with Crippen molar-refractivity contribution in [2.45, 2.75) is 38.1 Å². The molecule has 136 valence electrons. The van der Waals surface area contributed by atoms with Crippen LogP contribution in [0.25, 0.3) is 0 Å². The fraction of sp³-hybridized carbons (Fsp3) is 0.812. The standard InChI is InChI=1S/C16H27N5O2.HI/c1-20(2)14(23)9-17-15(19-12-4-5-12)21-7-3-6-16(11-21)8-13(22)18-10-16;/h12H,3-11H2,1-2H3,(H,17,19)(H,18,22);1H. The van der Waals surface area contributed by atoms with E-state index in [-0.39, 0.29) is 47.8 Å². The highest BCUT2D eigenvalue weighted by Crippen LogP contribution is 2.36. The van der Waals surface area contributed by atoms with Gasteiger partial charge in [-0.15, -0.1) is 24.0 Å². The lowest BCUT2D eigenvalue weighted by Crippen LogP contribution is -2.52. The summed E-state index contributed by atoms with van der Waals surface area (Å²) in [6.07, 6.45) is 5.08. The van der Waals surface area contributed by atoms with Crippen LogP contribution in [0.1, 0.15) is 32.1 Å². The molecule has 2 N–H and O–H groups in total. The van der Waals surface area contributed by atoms with E-state index in [0.717, 1.165) is 38.4 Å². The monoisotopic (exact) mass is 449 g/mol. The number of aliphatic imine (C=N–C) groups is 1. The van der Waals surface area contributed by atoms with Crippen molar-refractivity contribution in [3.8, 4) is 0 Å². The molecule has 3 rings (SSSR count). The maximum atomic E-state index is 11.8. The van der Waals surface area contributed by atoms with Gasteiger partial charge in [0.15, 0.2) is 5.96 Å². The molecule has 0 aromatic carbocycles. The Morgan fingerprint density at radius 2 is 2.21 bits per heavy atom. The van der Waals surface area contributed by atoms with Crippen molar-refractivity contribution in [1.29, 1.82) is 0 Å². The first kappa shape index (κ1) is 19.3. The Kier molecular flexibility index (Phi) is 6.33. The number of piperidine rings is 1. The fourth-order valence-corrected chi connectivity index (χ4v) is 3.36. The van der Waals surface area contributed by atoms with Crippen LogP contribution in [0.4, 0.5) is 0 Å². The third kappa shape index (κ3) is 4.73. The van der Waals surface area contributed by atoms with Gasteiger partial charge in [0.2, 0.25) is 11.8 Å². The van der Waals surface area contributed by atoms with Gasteiger partial charge in [0.05, 0.1) is 0 Å². The zero-order valence-electron chi connectivity index (χ0n) is 14.5. The van der Waals surface area contributed by atoms with Crippen LogP contribution in [-0.4, -0.2) is 73.9 Å². The van der Waals surface area contributed by atoms with Crippen LogP contribution in [0.3, 0.4) is 0 Å². The van der Waals surface area contributed by atoms with E-state index >= 15 is 0 Å². The molecule has 8 heteroatoms. The molecular weight excluding hydrogens is 421 g/mol. The van der Waals surface area contributed by atoms with E-state index in [1.807, 2.05) is 0 Å². The molecule has 1 spiro atoms. The molecule has 0 radical (unpaired) electrons. The van der Waals surface area contributed by atoms with Crippen LogP contribution in [0.5, 0.6) is 0 Å². The molecule has 2 saturated heterocycles. The van der Waals surface area contributed by atoms with Crippen LogP contribution in [0, 0.1) is 5.41 Å². The summed E-state index contributed by atoms with van der Waals surface area (Å²) in [6, 6.07) is 0.490. The summed E-state index contributed by atoms with van der Waals surface area (Å²) in [5.74, 6) is 0.994. The number of amides is 2. The third-order valence-corrected chi connectivity index (χ3v) is 4.93. The predicted octanol–water partition coefficient (Wildman–Crippen LogP) is 0.403. The normalized spacial score (nSPS) is 26.8. The number of likely N-dealkylation sites (tertiary alicyclic amines) is 1. The Morgan fingerprint density at radius 3 is 2.79 bits per heavy atom. The molecule has 1 unspecified atom stereocenters. The van der Waals surface area contributed by atoms with Crippen LogP contribution in [0.15, 0.2) is 4.99 Å². The zero-order valence-corrected chi connectivity index (χ0v) is 16.8. The highest BCUT2D eigenvalue weighted by Gasteiger charge is 2.42. The van der Waals surface area contributed by atoms with Crippen molar-refractivity contribution in [3.05, 3.63) is 0 Å². The van der Waals surface area contributed by atoms with E-state index in [2.05, 4.69) is 20.5 Å². The molecule has 2 aliphatic heterocycles. The number of nitrogens with one attached hydrogen (secondary N) is 2. The summed E-state index contributed by atoms with van der Waals surface area (Å²) in [6.45, 7) is 2.70. The van der Waals surface area contributed by atoms with Crippen molar-refractivity contribution in [3.63, 3.8) is 0 Å². The van der Waals surface area contributed by atoms with Crippen molar-refractivity contribution < 1.29 is 9.59 Å². The van der Waals surface area contributed by atoms with Crippen LogP contribution in [-0.2, 0) is 9.59 Å². The number of hydrogen-bond acceptors (Lipinski definition) is 3. The first-order chi connectivity index (χ1) is 11.0. The lowest BCUT2D eigenvalue weighted by molar-refractivity contribution is -0.127. The summed E-state index contributed by atoms with van der Waals surface area (Å²) in [5, 5.41) is 6.44. The van der Waals surface area contributed by atoms with E-state index in [1.165, 1.54) is 12.8 Å². The molecule has 3 fully saturated rings. The predicted molar refractivity (Wildman–Crippen MR) is 103 cm³/mol. The summed E-state index contributed by atoms with van der Waals surface area (Å²) in [7, 11) is 3.50. The molecule has 0 aromatic heterocycles. The van der Waals surface area contributed by atoms with Gasteiger partial charge in [-0.05, 0) is 25.7 Å². The number of rotatable bonds is 3. The lowest BCUT2D eigenvalue weighted by atomic mass is 9.79. The zero-order chi connectivity index (χ0) is 16.4. The summed E-state index contributed by atoms with van der Waals surface area (Å²) < 4.78 is 0. The minimum Gasteiger partial charge on any atom is -0.355 e. The third-order valence-electron chi connectivity index (χ3n) is 4.93. The number of hydrogen-bond donors (Lipinski definition) is 2. The number of carbonyl (C=O) groups excluding carboxylic acids is 2. The largest absolute Gasteiger partial charge is 0.355 e. The molecule has 7 nitrogen and oxygen atoms in total. The number of likely N-dealkylation sites (N-methyl/N-ethyl adjacent to an activating group) is 1. The summed E-state index contributed by atoms with van der Waals surface area (Å²) >= 11 is 0. The molecule has 2 amide bonds. The van der Waals surface area contributed by atoms with Crippen molar-refractivity contribution in [2.75, 3.05) is 40.3 Å². The second-order valence-electron chi connectivity index (χ2n) is 7.33. The van der Waals surface area contributed by atoms with Gasteiger partial charge in [-0.3, -0.25) is 9.59 Å². The fourth-order valence-electron chi connectivity index (χ4n) is 3.36. The number of halogens is 1. The van der Waals surface area contributed by atoms with E-state index < -0.39 is 0 Å². The van der Waals surface area contributed by atoms with Crippen molar-refractivity contribution in [1.82, 2.24) is 20.4 Å². The van der Waals surface area contributed by atoms with E-state index in [1.54, 1.807) is 19.0 Å². The average Bonchev–Trinajstić information content (AvgIpc) is 3.27. The van der Waals surface area contributed by atoms with Gasteiger partial charge in [0.1, 0.15) is 6.54 Å². The highest BCUT2D eigenvalue weighted by atomic mass is 127. The first-order valence-corrected chi connectivity index (χ1v) is 8.50. The van der Waals surface area contributed by atoms with E-state index in [9.17, 15) is 9.59 Å². The van der Waals surface area contributed by atoms with E-state index in [4.69, 9.17) is 0 Å². The Balaban J connectivity index is 0.00000208. The summed E-state index contributed by atoms with van der Waals surface area (Å²) in [5.41, 5.74) is 0.0346. The van der Waals surface area contributed by atoms with Gasteiger partial charge in [0.25, 0.3) is 0 Å². The molecule has 0 bridgehead atoms. The minimum atomic E-state index is 0. The average molecular weight is 449 g/mol. The minimum absolute atomic E-state index is 0. The van der Waals surface area contributed by atoms with Crippen molar-refractivity contribution in [2.24, 2.45) is 10.4 Å². The van der Waals surface area contributed by atoms with Gasteiger partial charge >= 0.3 is 0 Å². The maximum Gasteiger partial charge on any atom is 0.243 e. The van der Waals surface area contributed by atoms with Crippen molar-refractivity contribution >= 4 is 41.8 Å². The first-order valence-electron chi connectivity index (χ1n) is 8.50. The second-order valence-corrected chi connectivity index (χ2v) is 7.33. The lowest BCUT2D eigenvalue weighted by Gasteiger charge is -2.41. The SMILES string of the molecule is CN(C)C(=O)CN=C(NC1CC1)N1CCCC2(CNC(=O)C2)C1.I. The molecule has 24 heavy (non-hydrogen) atoms. The van der Waals surface area contributed by atoms with Crippen LogP contribution in [0.2, 0.25) is 0 Å². The van der Waals surface area contributed by atoms with Gasteiger partial charge in [0, 0.05) is 51.6 Å². The number of guanidine groups is 1. The van der Waals surface area contributed by atoms with Crippen LogP contribution >= 0.6 is 24.0 Å². The summed E-state index contributed by atoms with van der Waals surface area (Å²) in [4.78, 5) is 31.9. The molecule has 2 heterocycles.